The first-order valence-electron chi connectivity index (χ1n) is 5.77. The summed E-state index contributed by atoms with van der Waals surface area (Å²) in [5.41, 5.74) is 0.641. The van der Waals surface area contributed by atoms with Crippen molar-refractivity contribution in [1.29, 1.82) is 0 Å². The SMILES string of the molecule is CC(C)NCc1cnnn1-c1c(F)cc(F)cc1Cl. The molecule has 0 spiro atoms. The Morgan fingerprint density at radius 2 is 2.11 bits per heavy atom. The molecular weight excluding hydrogens is 274 g/mol. The first-order valence-corrected chi connectivity index (χ1v) is 6.14. The van der Waals surface area contributed by atoms with Crippen LogP contribution in [0.15, 0.2) is 18.3 Å². The quantitative estimate of drug-likeness (QED) is 0.940. The molecule has 0 atom stereocenters. The van der Waals surface area contributed by atoms with Gasteiger partial charge in [-0.15, -0.1) is 5.10 Å². The number of aromatic nitrogens is 3. The molecule has 0 bridgehead atoms. The summed E-state index contributed by atoms with van der Waals surface area (Å²) in [6, 6.07) is 2.07. The summed E-state index contributed by atoms with van der Waals surface area (Å²) in [5, 5.41) is 10.7. The molecule has 0 aliphatic carbocycles. The highest BCUT2D eigenvalue weighted by Gasteiger charge is 2.16. The van der Waals surface area contributed by atoms with Crippen LogP contribution in [0.3, 0.4) is 0 Å². The molecule has 0 radical (unpaired) electrons. The third-order valence-corrected chi connectivity index (χ3v) is 2.79. The summed E-state index contributed by atoms with van der Waals surface area (Å²) in [7, 11) is 0. The van der Waals surface area contributed by atoms with E-state index in [0.717, 1.165) is 12.1 Å². The van der Waals surface area contributed by atoms with Crippen LogP contribution in [0, 0.1) is 11.6 Å². The van der Waals surface area contributed by atoms with E-state index in [1.165, 1.54) is 10.9 Å². The second-order valence-corrected chi connectivity index (χ2v) is 4.80. The van der Waals surface area contributed by atoms with Gasteiger partial charge in [0.15, 0.2) is 5.82 Å². The molecule has 0 amide bonds. The summed E-state index contributed by atoms with van der Waals surface area (Å²) >= 11 is 5.87. The molecule has 1 heterocycles. The minimum atomic E-state index is -0.777. The molecule has 2 aromatic rings. The molecule has 1 aromatic carbocycles. The lowest BCUT2D eigenvalue weighted by Gasteiger charge is -2.11. The first-order chi connectivity index (χ1) is 8.99. The van der Waals surface area contributed by atoms with Crippen molar-refractivity contribution < 1.29 is 8.78 Å². The van der Waals surface area contributed by atoms with Crippen LogP contribution in [0.25, 0.3) is 5.69 Å². The lowest BCUT2D eigenvalue weighted by molar-refractivity contribution is 0.552. The number of hydrogen-bond acceptors (Lipinski definition) is 3. The maximum atomic E-state index is 13.8. The topological polar surface area (TPSA) is 42.7 Å². The zero-order valence-electron chi connectivity index (χ0n) is 10.5. The van der Waals surface area contributed by atoms with E-state index >= 15 is 0 Å². The summed E-state index contributed by atoms with van der Waals surface area (Å²) in [4.78, 5) is 0. The molecule has 0 saturated carbocycles. The molecule has 2 rings (SSSR count). The van der Waals surface area contributed by atoms with Gasteiger partial charge in [-0.1, -0.05) is 30.7 Å². The minimum Gasteiger partial charge on any atom is -0.309 e. The second kappa shape index (κ2) is 5.63. The van der Waals surface area contributed by atoms with Gasteiger partial charge in [-0.05, 0) is 6.07 Å². The largest absolute Gasteiger partial charge is 0.309 e. The van der Waals surface area contributed by atoms with Crippen molar-refractivity contribution in [3.8, 4) is 5.69 Å². The van der Waals surface area contributed by atoms with Crippen LogP contribution in [-0.2, 0) is 6.54 Å². The summed E-state index contributed by atoms with van der Waals surface area (Å²) in [6.45, 7) is 4.43. The lowest BCUT2D eigenvalue weighted by atomic mass is 10.3. The van der Waals surface area contributed by atoms with Crippen molar-refractivity contribution in [3.63, 3.8) is 0 Å². The molecule has 19 heavy (non-hydrogen) atoms. The maximum Gasteiger partial charge on any atom is 0.153 e. The Morgan fingerprint density at radius 3 is 2.74 bits per heavy atom. The third kappa shape index (κ3) is 3.08. The van der Waals surface area contributed by atoms with Crippen LogP contribution in [0.5, 0.6) is 0 Å². The van der Waals surface area contributed by atoms with Crippen molar-refractivity contribution in [2.24, 2.45) is 0 Å². The molecular formula is C12H13ClF2N4. The van der Waals surface area contributed by atoms with E-state index in [2.05, 4.69) is 15.6 Å². The van der Waals surface area contributed by atoms with E-state index in [4.69, 9.17) is 11.6 Å². The van der Waals surface area contributed by atoms with Gasteiger partial charge >= 0.3 is 0 Å². The van der Waals surface area contributed by atoms with Gasteiger partial charge in [0.1, 0.15) is 11.5 Å². The van der Waals surface area contributed by atoms with Gasteiger partial charge < -0.3 is 5.32 Å². The predicted molar refractivity (Wildman–Crippen MR) is 68.3 cm³/mol. The molecule has 0 aliphatic heterocycles. The predicted octanol–water partition coefficient (Wildman–Crippen LogP) is 2.70. The third-order valence-electron chi connectivity index (χ3n) is 2.50. The fourth-order valence-electron chi connectivity index (χ4n) is 1.61. The average molecular weight is 287 g/mol. The van der Waals surface area contributed by atoms with Gasteiger partial charge in [0.25, 0.3) is 0 Å². The fourth-order valence-corrected chi connectivity index (χ4v) is 1.89. The van der Waals surface area contributed by atoms with Crippen molar-refractivity contribution in [2.45, 2.75) is 26.4 Å². The summed E-state index contributed by atoms with van der Waals surface area (Å²) in [5.74, 6) is -1.51. The number of nitrogens with zero attached hydrogens (tertiary/aromatic N) is 3. The van der Waals surface area contributed by atoms with Crippen LogP contribution < -0.4 is 5.32 Å². The van der Waals surface area contributed by atoms with Crippen LogP contribution in [0.1, 0.15) is 19.5 Å². The average Bonchev–Trinajstić information content (AvgIpc) is 2.73. The maximum absolute atomic E-state index is 13.8. The van der Waals surface area contributed by atoms with Crippen LogP contribution >= 0.6 is 11.6 Å². The van der Waals surface area contributed by atoms with Gasteiger partial charge in [-0.2, -0.15) is 0 Å². The fraction of sp³-hybridized carbons (Fsp3) is 0.333. The highest BCUT2D eigenvalue weighted by atomic mass is 35.5. The zero-order valence-corrected chi connectivity index (χ0v) is 11.2. The van der Waals surface area contributed by atoms with Gasteiger partial charge in [0.05, 0.1) is 16.9 Å². The molecule has 0 fully saturated rings. The molecule has 102 valence electrons. The molecule has 0 unspecified atom stereocenters. The van der Waals surface area contributed by atoms with E-state index < -0.39 is 11.6 Å². The molecule has 4 nitrogen and oxygen atoms in total. The number of rotatable bonds is 4. The van der Waals surface area contributed by atoms with Crippen LogP contribution in [0.2, 0.25) is 5.02 Å². The lowest BCUT2D eigenvalue weighted by Crippen LogP contribution is -2.23. The molecule has 7 heteroatoms. The van der Waals surface area contributed by atoms with Gasteiger partial charge in [-0.3, -0.25) is 0 Å². The number of benzene rings is 1. The Morgan fingerprint density at radius 1 is 1.37 bits per heavy atom. The Hall–Kier alpha value is -1.53. The van der Waals surface area contributed by atoms with E-state index in [-0.39, 0.29) is 16.8 Å². The molecule has 1 N–H and O–H groups in total. The Kier molecular flexibility index (Phi) is 4.11. The minimum absolute atomic E-state index is 0.00104. The summed E-state index contributed by atoms with van der Waals surface area (Å²) in [6.07, 6.45) is 1.51. The Bertz CT molecular complexity index is 560. The van der Waals surface area contributed by atoms with E-state index in [1.54, 1.807) is 0 Å². The van der Waals surface area contributed by atoms with Gasteiger partial charge in [0.2, 0.25) is 0 Å². The van der Waals surface area contributed by atoms with Crippen molar-refractivity contribution in [1.82, 2.24) is 20.3 Å². The monoisotopic (exact) mass is 286 g/mol. The normalized spacial score (nSPS) is 11.3. The van der Waals surface area contributed by atoms with Crippen molar-refractivity contribution in [2.75, 3.05) is 0 Å². The van der Waals surface area contributed by atoms with Crippen LogP contribution in [0.4, 0.5) is 8.78 Å². The standard InChI is InChI=1S/C12H13ClF2N4/c1-7(2)16-5-9-6-17-18-19(9)12-10(13)3-8(14)4-11(12)15/h3-4,6-7,16H,5H2,1-2H3. The van der Waals surface area contributed by atoms with E-state index in [1.807, 2.05) is 13.8 Å². The first kappa shape index (κ1) is 13.9. The van der Waals surface area contributed by atoms with E-state index in [9.17, 15) is 8.78 Å². The van der Waals surface area contributed by atoms with Crippen molar-refractivity contribution >= 4 is 11.6 Å². The molecule has 0 aliphatic rings. The molecule has 0 saturated heterocycles. The molecule has 1 aromatic heterocycles. The number of hydrogen-bond donors (Lipinski definition) is 1. The van der Waals surface area contributed by atoms with Crippen molar-refractivity contribution in [3.05, 3.63) is 40.7 Å². The highest BCUT2D eigenvalue weighted by molar-refractivity contribution is 6.32. The summed E-state index contributed by atoms with van der Waals surface area (Å²) < 4.78 is 28.1. The van der Waals surface area contributed by atoms with Crippen LogP contribution in [-0.4, -0.2) is 21.0 Å². The van der Waals surface area contributed by atoms with Gasteiger partial charge in [0, 0.05) is 18.7 Å². The van der Waals surface area contributed by atoms with Gasteiger partial charge in [-0.25, -0.2) is 13.5 Å². The number of nitrogens with one attached hydrogen (secondary N) is 1. The Labute approximate surface area is 114 Å². The highest BCUT2D eigenvalue weighted by Crippen LogP contribution is 2.25. The second-order valence-electron chi connectivity index (χ2n) is 4.39. The Balaban J connectivity index is 2.40. The smallest absolute Gasteiger partial charge is 0.153 e. The number of halogens is 3. The zero-order chi connectivity index (χ0) is 14.0. The van der Waals surface area contributed by atoms with E-state index in [0.29, 0.717) is 12.2 Å².